The van der Waals surface area contributed by atoms with E-state index < -0.39 is 0 Å². The molecule has 0 aliphatic rings. The van der Waals surface area contributed by atoms with Gasteiger partial charge in [0.25, 0.3) is 5.91 Å². The fourth-order valence-electron chi connectivity index (χ4n) is 3.50. The van der Waals surface area contributed by atoms with Crippen molar-refractivity contribution in [3.8, 4) is 28.4 Å². The van der Waals surface area contributed by atoms with Crippen molar-refractivity contribution in [2.75, 3.05) is 19.5 Å². The first-order valence-corrected chi connectivity index (χ1v) is 10.7. The van der Waals surface area contributed by atoms with Crippen LogP contribution >= 0.6 is 11.6 Å². The number of ether oxygens (including phenoxy) is 2. The van der Waals surface area contributed by atoms with E-state index in [1.807, 2.05) is 56.3 Å². The van der Waals surface area contributed by atoms with Crippen LogP contribution in [0, 0.1) is 13.8 Å². The molecule has 1 amide bonds. The number of carbonyl (C=O) groups is 1. The van der Waals surface area contributed by atoms with Gasteiger partial charge in [-0.25, -0.2) is 4.68 Å². The number of aryl methyl sites for hydroxylation is 2. The van der Waals surface area contributed by atoms with Crippen LogP contribution in [-0.4, -0.2) is 29.9 Å². The van der Waals surface area contributed by atoms with Gasteiger partial charge in [0.15, 0.2) is 0 Å². The molecule has 0 unspecified atom stereocenters. The summed E-state index contributed by atoms with van der Waals surface area (Å²) in [5.74, 6) is 0.966. The number of nitrogens with zero attached hydrogens (tertiary/aromatic N) is 2. The van der Waals surface area contributed by atoms with Crippen LogP contribution in [-0.2, 0) is 0 Å². The van der Waals surface area contributed by atoms with Crippen LogP contribution in [0.25, 0.3) is 16.9 Å². The summed E-state index contributed by atoms with van der Waals surface area (Å²) in [6.07, 6.45) is 0. The summed E-state index contributed by atoms with van der Waals surface area (Å²) in [5.41, 5.74) is 5.32. The maximum atomic E-state index is 13.3. The first kappa shape index (κ1) is 22.4. The third-order valence-corrected chi connectivity index (χ3v) is 5.68. The number of amides is 1. The van der Waals surface area contributed by atoms with Crippen molar-refractivity contribution < 1.29 is 14.3 Å². The first-order chi connectivity index (χ1) is 15.9. The van der Waals surface area contributed by atoms with E-state index in [0.29, 0.717) is 39.3 Å². The lowest BCUT2D eigenvalue weighted by molar-refractivity contribution is 0.101. The van der Waals surface area contributed by atoms with Gasteiger partial charge in [-0.3, -0.25) is 4.79 Å². The molecule has 0 radical (unpaired) electrons. The Hall–Kier alpha value is -3.77. The number of methoxy groups -OCH3 is 2. The molecule has 4 aromatic rings. The van der Waals surface area contributed by atoms with Crippen LogP contribution in [0.2, 0.25) is 5.02 Å². The fraction of sp³-hybridized carbons (Fsp3) is 0.154. The smallest absolute Gasteiger partial charge is 0.274 e. The molecule has 0 atom stereocenters. The Bertz CT molecular complexity index is 1330. The molecule has 33 heavy (non-hydrogen) atoms. The third-order valence-electron chi connectivity index (χ3n) is 5.44. The normalized spacial score (nSPS) is 10.7. The molecule has 0 saturated heterocycles. The Morgan fingerprint density at radius 1 is 0.939 bits per heavy atom. The van der Waals surface area contributed by atoms with Crippen molar-refractivity contribution in [1.82, 2.24) is 9.78 Å². The Kier molecular flexibility index (Phi) is 6.38. The molecule has 6 nitrogen and oxygen atoms in total. The van der Waals surface area contributed by atoms with Gasteiger partial charge in [-0.1, -0.05) is 23.7 Å². The van der Waals surface area contributed by atoms with E-state index in [0.717, 1.165) is 16.7 Å². The van der Waals surface area contributed by atoms with Crippen LogP contribution in [0.4, 0.5) is 5.69 Å². The molecule has 1 heterocycles. The second kappa shape index (κ2) is 9.38. The number of hydrogen-bond acceptors (Lipinski definition) is 4. The Labute approximate surface area is 197 Å². The van der Waals surface area contributed by atoms with Crippen molar-refractivity contribution >= 4 is 23.2 Å². The number of anilines is 1. The van der Waals surface area contributed by atoms with Gasteiger partial charge in [0.1, 0.15) is 17.2 Å². The minimum absolute atomic E-state index is 0.288. The van der Waals surface area contributed by atoms with Crippen LogP contribution in [0.5, 0.6) is 11.5 Å². The monoisotopic (exact) mass is 461 g/mol. The zero-order valence-corrected chi connectivity index (χ0v) is 19.6. The number of rotatable bonds is 6. The van der Waals surface area contributed by atoms with Crippen molar-refractivity contribution in [3.05, 3.63) is 88.6 Å². The summed E-state index contributed by atoms with van der Waals surface area (Å²) in [7, 11) is 3.18. The molecule has 168 valence electrons. The van der Waals surface area contributed by atoms with Gasteiger partial charge < -0.3 is 14.8 Å². The Morgan fingerprint density at radius 2 is 1.76 bits per heavy atom. The molecule has 1 N–H and O–H groups in total. The minimum Gasteiger partial charge on any atom is -0.497 e. The summed E-state index contributed by atoms with van der Waals surface area (Å²) in [4.78, 5) is 13.3. The second-order valence-electron chi connectivity index (χ2n) is 7.63. The molecule has 0 bridgehead atoms. The van der Waals surface area contributed by atoms with E-state index >= 15 is 0 Å². The highest BCUT2D eigenvalue weighted by atomic mass is 35.5. The van der Waals surface area contributed by atoms with Crippen molar-refractivity contribution in [3.63, 3.8) is 0 Å². The highest BCUT2D eigenvalue weighted by molar-refractivity contribution is 6.30. The lowest BCUT2D eigenvalue weighted by Crippen LogP contribution is -2.17. The number of aromatic nitrogens is 2. The first-order valence-electron chi connectivity index (χ1n) is 10.4. The van der Waals surface area contributed by atoms with Gasteiger partial charge in [0.2, 0.25) is 0 Å². The lowest BCUT2D eigenvalue weighted by Gasteiger charge is -2.10. The lowest BCUT2D eigenvalue weighted by atomic mass is 10.1. The molecule has 1 aromatic heterocycles. The highest BCUT2D eigenvalue weighted by Gasteiger charge is 2.20. The molecule has 0 saturated carbocycles. The average Bonchev–Trinajstić information content (AvgIpc) is 3.26. The standard InChI is InChI=1S/C26H24ClN3O3/c1-16-8-9-19(12-17(16)2)28-26(31)24-15-23(22-11-10-21(32-3)14-25(22)33-4)29-30(24)20-7-5-6-18(27)13-20/h5-15H,1-4H3,(H,28,31). The van der Waals surface area contributed by atoms with E-state index in [2.05, 4.69) is 5.32 Å². The van der Waals surface area contributed by atoms with Crippen molar-refractivity contribution in [2.24, 2.45) is 0 Å². The van der Waals surface area contributed by atoms with Gasteiger partial charge in [-0.2, -0.15) is 5.10 Å². The summed E-state index contributed by atoms with van der Waals surface area (Å²) in [6, 6.07) is 20.2. The van der Waals surface area contributed by atoms with Gasteiger partial charge >= 0.3 is 0 Å². The van der Waals surface area contributed by atoms with Crippen LogP contribution < -0.4 is 14.8 Å². The molecule has 0 fully saturated rings. The molecular formula is C26H24ClN3O3. The van der Waals surface area contributed by atoms with E-state index in [1.165, 1.54) is 0 Å². The van der Waals surface area contributed by atoms with Crippen LogP contribution in [0.1, 0.15) is 21.6 Å². The number of nitrogens with one attached hydrogen (secondary N) is 1. The maximum absolute atomic E-state index is 13.3. The van der Waals surface area contributed by atoms with Crippen LogP contribution in [0.3, 0.4) is 0 Å². The molecule has 4 rings (SSSR count). The quantitative estimate of drug-likeness (QED) is 0.378. The van der Waals surface area contributed by atoms with Gasteiger partial charge in [-0.15, -0.1) is 0 Å². The maximum Gasteiger partial charge on any atom is 0.274 e. The summed E-state index contributed by atoms with van der Waals surface area (Å²) < 4.78 is 12.4. The highest BCUT2D eigenvalue weighted by Crippen LogP contribution is 2.34. The molecular weight excluding hydrogens is 438 g/mol. The van der Waals surface area contributed by atoms with Crippen LogP contribution in [0.15, 0.2) is 66.7 Å². The van der Waals surface area contributed by atoms with Gasteiger partial charge in [0, 0.05) is 22.3 Å². The molecule has 7 heteroatoms. The topological polar surface area (TPSA) is 65.4 Å². The van der Waals surface area contributed by atoms with Crippen molar-refractivity contribution in [2.45, 2.75) is 13.8 Å². The number of halogens is 1. The zero-order chi connectivity index (χ0) is 23.5. The fourth-order valence-corrected chi connectivity index (χ4v) is 3.69. The van der Waals surface area contributed by atoms with E-state index in [4.69, 9.17) is 26.2 Å². The minimum atomic E-state index is -0.288. The summed E-state index contributed by atoms with van der Waals surface area (Å²) in [5, 5.41) is 8.25. The average molecular weight is 462 g/mol. The van der Waals surface area contributed by atoms with Gasteiger partial charge in [-0.05, 0) is 73.5 Å². The number of hydrogen-bond donors (Lipinski definition) is 1. The van der Waals surface area contributed by atoms with Crippen molar-refractivity contribution in [1.29, 1.82) is 0 Å². The largest absolute Gasteiger partial charge is 0.497 e. The molecule has 0 aliphatic carbocycles. The summed E-state index contributed by atoms with van der Waals surface area (Å²) in [6.45, 7) is 4.04. The SMILES string of the molecule is COc1ccc(-c2cc(C(=O)Nc3ccc(C)c(C)c3)n(-c3cccc(Cl)c3)n2)c(OC)c1. The van der Waals surface area contributed by atoms with E-state index in [-0.39, 0.29) is 5.91 Å². The molecule has 3 aromatic carbocycles. The van der Waals surface area contributed by atoms with Gasteiger partial charge in [0.05, 0.1) is 25.6 Å². The Morgan fingerprint density at radius 3 is 2.45 bits per heavy atom. The third kappa shape index (κ3) is 4.71. The predicted molar refractivity (Wildman–Crippen MR) is 131 cm³/mol. The molecule has 0 spiro atoms. The number of carbonyl (C=O) groups excluding carboxylic acids is 1. The molecule has 0 aliphatic heterocycles. The van der Waals surface area contributed by atoms with E-state index in [9.17, 15) is 4.79 Å². The predicted octanol–water partition coefficient (Wildman–Crippen LogP) is 6.08. The Balaban J connectivity index is 1.81. The zero-order valence-electron chi connectivity index (χ0n) is 18.8. The summed E-state index contributed by atoms with van der Waals surface area (Å²) >= 11 is 6.22. The number of benzene rings is 3. The second-order valence-corrected chi connectivity index (χ2v) is 8.06. The van der Waals surface area contributed by atoms with E-state index in [1.54, 1.807) is 43.2 Å².